The fourth-order valence-electron chi connectivity index (χ4n) is 4.36. The van der Waals surface area contributed by atoms with Crippen LogP contribution in [0, 0.1) is 18.6 Å². The highest BCUT2D eigenvalue weighted by Gasteiger charge is 2.26. The van der Waals surface area contributed by atoms with E-state index in [4.69, 9.17) is 5.73 Å². The average Bonchev–Trinajstić information content (AvgIpc) is 3.39. The first kappa shape index (κ1) is 25.4. The fourth-order valence-corrected chi connectivity index (χ4v) is 5.05. The number of nitrogens with two attached hydrogens (primary N) is 1. The third-order valence-electron chi connectivity index (χ3n) is 6.01. The quantitative estimate of drug-likeness (QED) is 0.272. The molecule has 1 aromatic carbocycles. The van der Waals surface area contributed by atoms with Crippen LogP contribution in [0.3, 0.4) is 0 Å². The normalized spacial score (nSPS) is 18.9. The highest BCUT2D eigenvalue weighted by Crippen LogP contribution is 2.25. The number of halogens is 3. The van der Waals surface area contributed by atoms with Gasteiger partial charge in [0.15, 0.2) is 16.8 Å². The van der Waals surface area contributed by atoms with Gasteiger partial charge < -0.3 is 21.4 Å². The molecule has 12 heteroatoms. The van der Waals surface area contributed by atoms with Gasteiger partial charge in [-0.2, -0.15) is 0 Å². The van der Waals surface area contributed by atoms with Crippen molar-refractivity contribution in [3.8, 4) is 0 Å². The number of benzene rings is 1. The molecule has 0 spiro atoms. The lowest BCUT2D eigenvalue weighted by atomic mass is 9.90. The van der Waals surface area contributed by atoms with E-state index in [0.29, 0.717) is 28.2 Å². The van der Waals surface area contributed by atoms with Crippen LogP contribution in [-0.4, -0.2) is 40.5 Å². The standard InChI is InChI=1S/C24H26F3N7OS/c1-12-20(34-24(28)36-12)23(35)33-16-5-3-4-15(8-16)32-22(19(27)11-29-2)31-10-13-9-30-21-17(13)6-14(25)7-18(21)26/h6-7,9,11,15-16,30H,2-5,8,10H2,1H3,(H2,28,34)(H,31,32)(H,33,35)/b19-11+/t15-,16?/m0/s1. The monoisotopic (exact) mass is 517 g/mol. The van der Waals surface area contributed by atoms with E-state index < -0.39 is 17.5 Å². The summed E-state index contributed by atoms with van der Waals surface area (Å²) in [6.07, 6.45) is 5.32. The van der Waals surface area contributed by atoms with Gasteiger partial charge >= 0.3 is 0 Å². The Hall–Kier alpha value is -3.67. The van der Waals surface area contributed by atoms with Gasteiger partial charge in [0.1, 0.15) is 17.3 Å². The van der Waals surface area contributed by atoms with Crippen molar-refractivity contribution in [1.29, 1.82) is 0 Å². The van der Waals surface area contributed by atoms with Gasteiger partial charge in [-0.15, -0.1) is 11.3 Å². The molecule has 0 aliphatic heterocycles. The van der Waals surface area contributed by atoms with Gasteiger partial charge in [-0.1, -0.05) is 0 Å². The lowest BCUT2D eigenvalue weighted by Crippen LogP contribution is -2.46. The fraction of sp³-hybridized carbons (Fsp3) is 0.333. The van der Waals surface area contributed by atoms with Crippen LogP contribution in [0.4, 0.5) is 18.3 Å². The van der Waals surface area contributed by atoms with Crippen LogP contribution < -0.4 is 16.4 Å². The zero-order valence-electron chi connectivity index (χ0n) is 19.6. The zero-order valence-corrected chi connectivity index (χ0v) is 20.4. The van der Waals surface area contributed by atoms with E-state index in [2.05, 4.69) is 37.3 Å². The minimum Gasteiger partial charge on any atom is -0.375 e. The third kappa shape index (κ3) is 5.76. The Morgan fingerprint density at radius 1 is 1.33 bits per heavy atom. The summed E-state index contributed by atoms with van der Waals surface area (Å²) < 4.78 is 42.5. The Morgan fingerprint density at radius 2 is 2.08 bits per heavy atom. The molecule has 2 atom stereocenters. The first-order valence-electron chi connectivity index (χ1n) is 11.4. The maximum atomic E-state index is 14.8. The summed E-state index contributed by atoms with van der Waals surface area (Å²) in [6, 6.07) is 1.68. The highest BCUT2D eigenvalue weighted by atomic mass is 32.1. The van der Waals surface area contributed by atoms with Crippen molar-refractivity contribution in [2.45, 2.75) is 51.2 Å². The van der Waals surface area contributed by atoms with Crippen molar-refractivity contribution < 1.29 is 18.0 Å². The van der Waals surface area contributed by atoms with Gasteiger partial charge in [0, 0.05) is 34.6 Å². The number of hydrogen-bond acceptors (Lipinski definition) is 6. The number of carbonyl (C=O) groups is 1. The van der Waals surface area contributed by atoms with Crippen molar-refractivity contribution in [1.82, 2.24) is 20.6 Å². The maximum Gasteiger partial charge on any atom is 0.271 e. The first-order valence-corrected chi connectivity index (χ1v) is 12.2. The lowest BCUT2D eigenvalue weighted by molar-refractivity contribution is 0.0919. The number of H-pyrrole nitrogens is 1. The molecule has 2 heterocycles. The van der Waals surface area contributed by atoms with Crippen LogP contribution in [0.15, 0.2) is 40.3 Å². The second-order valence-corrected chi connectivity index (χ2v) is 9.82. The summed E-state index contributed by atoms with van der Waals surface area (Å²) in [6.45, 7) is 5.04. The van der Waals surface area contributed by atoms with Crippen molar-refractivity contribution in [2.75, 3.05) is 5.73 Å². The Labute approximate surface area is 209 Å². The Morgan fingerprint density at radius 3 is 2.78 bits per heavy atom. The van der Waals surface area contributed by atoms with Gasteiger partial charge in [-0.05, 0) is 51.0 Å². The molecule has 1 unspecified atom stereocenters. The molecule has 1 aliphatic rings. The van der Waals surface area contributed by atoms with E-state index in [1.165, 1.54) is 23.6 Å². The Kier molecular flexibility index (Phi) is 7.73. The van der Waals surface area contributed by atoms with E-state index in [1.54, 1.807) is 6.92 Å². The summed E-state index contributed by atoms with van der Waals surface area (Å²) in [5.74, 6) is -2.49. The number of aromatic amines is 1. The number of fused-ring (bicyclic) bond motifs is 1. The largest absolute Gasteiger partial charge is 0.375 e. The van der Waals surface area contributed by atoms with Crippen LogP contribution in [0.2, 0.25) is 0 Å². The molecule has 1 aliphatic carbocycles. The summed E-state index contributed by atoms with van der Waals surface area (Å²) in [4.78, 5) is 28.1. The summed E-state index contributed by atoms with van der Waals surface area (Å²) in [7, 11) is 0. The maximum absolute atomic E-state index is 14.8. The number of aromatic nitrogens is 2. The molecular weight excluding hydrogens is 491 g/mol. The molecule has 2 aromatic heterocycles. The molecule has 1 saturated carbocycles. The smallest absolute Gasteiger partial charge is 0.271 e. The minimum atomic E-state index is -0.720. The molecule has 5 N–H and O–H groups in total. The van der Waals surface area contributed by atoms with Gasteiger partial charge in [-0.3, -0.25) is 14.8 Å². The first-order chi connectivity index (χ1) is 17.2. The topological polar surface area (TPSA) is 121 Å². The molecule has 1 fully saturated rings. The van der Waals surface area contributed by atoms with E-state index >= 15 is 0 Å². The molecule has 36 heavy (non-hydrogen) atoms. The van der Waals surface area contributed by atoms with Crippen LogP contribution in [-0.2, 0) is 6.54 Å². The van der Waals surface area contributed by atoms with E-state index in [1.807, 2.05) is 0 Å². The van der Waals surface area contributed by atoms with E-state index in [-0.39, 0.29) is 35.9 Å². The molecule has 1 amide bonds. The van der Waals surface area contributed by atoms with Crippen LogP contribution >= 0.6 is 11.3 Å². The van der Waals surface area contributed by atoms with Crippen molar-refractivity contribution in [2.24, 2.45) is 9.98 Å². The minimum absolute atomic E-state index is 0.0267. The number of carbonyl (C=O) groups excluding carboxylic acids is 1. The number of nitrogens with one attached hydrogen (secondary N) is 3. The highest BCUT2D eigenvalue weighted by molar-refractivity contribution is 7.15. The third-order valence-corrected chi connectivity index (χ3v) is 6.81. The summed E-state index contributed by atoms with van der Waals surface area (Å²) in [5, 5.41) is 6.77. The van der Waals surface area contributed by atoms with Crippen molar-refractivity contribution in [3.63, 3.8) is 0 Å². The number of rotatable bonds is 7. The predicted molar refractivity (Wildman–Crippen MR) is 136 cm³/mol. The molecular formula is C24H26F3N7OS. The molecule has 3 aromatic rings. The number of nitrogen functional groups attached to an aromatic ring is 1. The number of aliphatic imine (C=N–C) groups is 2. The van der Waals surface area contributed by atoms with Gasteiger partial charge in [0.25, 0.3) is 5.91 Å². The molecule has 0 saturated heterocycles. The number of nitrogens with zero attached hydrogens (tertiary/aromatic N) is 3. The SMILES string of the molecule is C=N/C=C(/F)C(=NCc1c[nH]c2c(F)cc(F)cc12)N[C@H]1CCCC(NC(=O)c2nc(N)sc2C)C1. The molecule has 8 nitrogen and oxygen atoms in total. The number of aryl methyl sites for hydroxylation is 1. The van der Waals surface area contributed by atoms with Crippen LogP contribution in [0.1, 0.15) is 46.6 Å². The second kappa shape index (κ2) is 10.9. The number of hydrogen-bond donors (Lipinski definition) is 4. The number of thiazole rings is 1. The number of anilines is 1. The summed E-state index contributed by atoms with van der Waals surface area (Å²) >= 11 is 1.25. The lowest BCUT2D eigenvalue weighted by Gasteiger charge is -2.31. The van der Waals surface area contributed by atoms with E-state index in [0.717, 1.165) is 36.4 Å². The van der Waals surface area contributed by atoms with Gasteiger partial charge in [0.2, 0.25) is 0 Å². The molecule has 0 bridgehead atoms. The van der Waals surface area contributed by atoms with Crippen LogP contribution in [0.5, 0.6) is 0 Å². The zero-order chi connectivity index (χ0) is 25.8. The van der Waals surface area contributed by atoms with Gasteiger partial charge in [-0.25, -0.2) is 18.2 Å². The second-order valence-electron chi connectivity index (χ2n) is 8.58. The van der Waals surface area contributed by atoms with Crippen molar-refractivity contribution >= 4 is 45.8 Å². The Bertz CT molecular complexity index is 1350. The number of amides is 1. The molecule has 4 rings (SSSR count). The molecule has 0 radical (unpaired) electrons. The van der Waals surface area contributed by atoms with E-state index in [9.17, 15) is 18.0 Å². The van der Waals surface area contributed by atoms with Crippen LogP contribution in [0.25, 0.3) is 10.9 Å². The number of amidine groups is 1. The predicted octanol–water partition coefficient (Wildman–Crippen LogP) is 4.53. The Balaban J connectivity index is 1.48. The molecule has 190 valence electrons. The van der Waals surface area contributed by atoms with Gasteiger partial charge in [0.05, 0.1) is 18.3 Å². The summed E-state index contributed by atoms with van der Waals surface area (Å²) in [5.41, 5.74) is 6.68. The van der Waals surface area contributed by atoms with Crippen molar-refractivity contribution in [3.05, 3.63) is 58.1 Å². The average molecular weight is 518 g/mol.